The number of fused-ring (bicyclic) bond motifs is 1. The van der Waals surface area contributed by atoms with Crippen molar-refractivity contribution in [3.63, 3.8) is 0 Å². The number of imidazole rings is 1. The molecule has 0 aliphatic heterocycles. The van der Waals surface area contributed by atoms with Crippen LogP contribution in [0.25, 0.3) is 11.0 Å². The van der Waals surface area contributed by atoms with Gasteiger partial charge in [-0.1, -0.05) is 23.7 Å². The first-order chi connectivity index (χ1) is 10.1. The van der Waals surface area contributed by atoms with Crippen LogP contribution >= 0.6 is 11.6 Å². The maximum Gasteiger partial charge on any atom is 0.125 e. The predicted octanol–water partition coefficient (Wildman–Crippen LogP) is 4.21. The van der Waals surface area contributed by atoms with Crippen molar-refractivity contribution in [2.75, 3.05) is 0 Å². The van der Waals surface area contributed by atoms with E-state index < -0.39 is 0 Å². The minimum Gasteiger partial charge on any atom is -0.341 e. The van der Waals surface area contributed by atoms with Gasteiger partial charge < -0.3 is 10.3 Å². The molecule has 1 atom stereocenters. The zero-order valence-corrected chi connectivity index (χ0v) is 12.3. The number of aromatic nitrogens is 2. The van der Waals surface area contributed by atoms with Gasteiger partial charge in [-0.25, -0.2) is 9.37 Å². The average Bonchev–Trinajstić information content (AvgIpc) is 2.87. The molecule has 3 rings (SSSR count). The number of benzene rings is 2. The molecule has 1 heterocycles. The highest BCUT2D eigenvalue weighted by molar-refractivity contribution is 6.30. The van der Waals surface area contributed by atoms with E-state index in [0.29, 0.717) is 11.6 Å². The number of para-hydroxylation sites is 2. The first-order valence-corrected chi connectivity index (χ1v) is 7.12. The summed E-state index contributed by atoms with van der Waals surface area (Å²) in [6.07, 6.45) is 0. The van der Waals surface area contributed by atoms with Gasteiger partial charge in [0.1, 0.15) is 11.6 Å². The van der Waals surface area contributed by atoms with E-state index in [1.54, 1.807) is 6.07 Å². The van der Waals surface area contributed by atoms with Gasteiger partial charge in [-0.15, -0.1) is 0 Å². The summed E-state index contributed by atoms with van der Waals surface area (Å²) in [7, 11) is 0. The fourth-order valence-electron chi connectivity index (χ4n) is 2.26. The van der Waals surface area contributed by atoms with Gasteiger partial charge in [-0.05, 0) is 42.8 Å². The lowest BCUT2D eigenvalue weighted by Gasteiger charge is -2.11. The molecule has 108 valence electrons. The molecule has 0 radical (unpaired) electrons. The van der Waals surface area contributed by atoms with Crippen molar-refractivity contribution in [1.29, 1.82) is 0 Å². The molecule has 0 amide bonds. The molecular formula is C16H15ClFN3. The van der Waals surface area contributed by atoms with Crippen molar-refractivity contribution in [3.05, 3.63) is 64.7 Å². The van der Waals surface area contributed by atoms with E-state index in [2.05, 4.69) is 15.3 Å². The molecule has 3 nitrogen and oxygen atoms in total. The summed E-state index contributed by atoms with van der Waals surface area (Å²) in [5.41, 5.74) is 2.76. The Labute approximate surface area is 127 Å². The van der Waals surface area contributed by atoms with Crippen LogP contribution in [-0.2, 0) is 6.54 Å². The molecule has 2 aromatic carbocycles. The molecule has 1 aromatic heterocycles. The highest BCUT2D eigenvalue weighted by atomic mass is 35.5. The van der Waals surface area contributed by atoms with Crippen molar-refractivity contribution in [1.82, 2.24) is 15.3 Å². The lowest BCUT2D eigenvalue weighted by molar-refractivity contribution is 0.549. The smallest absolute Gasteiger partial charge is 0.125 e. The van der Waals surface area contributed by atoms with Crippen molar-refractivity contribution in [2.24, 2.45) is 0 Å². The molecule has 0 aliphatic rings. The van der Waals surface area contributed by atoms with Gasteiger partial charge in [0.25, 0.3) is 0 Å². The van der Waals surface area contributed by atoms with Crippen LogP contribution in [-0.4, -0.2) is 9.97 Å². The number of rotatable bonds is 4. The molecule has 0 bridgehead atoms. The van der Waals surface area contributed by atoms with Crippen LogP contribution in [0.2, 0.25) is 5.02 Å². The topological polar surface area (TPSA) is 40.7 Å². The summed E-state index contributed by atoms with van der Waals surface area (Å²) >= 11 is 5.85. The highest BCUT2D eigenvalue weighted by Crippen LogP contribution is 2.17. The number of nitrogens with one attached hydrogen (secondary N) is 2. The molecule has 0 saturated carbocycles. The standard InChI is InChI=1S/C16H15ClFN3/c1-10(16-20-14-4-2-3-5-15(14)21-16)19-9-11-6-12(17)8-13(18)7-11/h2-8,10,19H,9H2,1H3,(H,20,21). The largest absolute Gasteiger partial charge is 0.341 e. The Kier molecular flexibility index (Phi) is 3.90. The molecular weight excluding hydrogens is 289 g/mol. The van der Waals surface area contributed by atoms with E-state index in [-0.39, 0.29) is 11.9 Å². The molecule has 3 aromatic rings. The summed E-state index contributed by atoms with van der Waals surface area (Å²) in [4.78, 5) is 7.82. The van der Waals surface area contributed by atoms with E-state index >= 15 is 0 Å². The quantitative estimate of drug-likeness (QED) is 0.758. The van der Waals surface area contributed by atoms with Crippen LogP contribution in [0, 0.1) is 5.82 Å². The lowest BCUT2D eigenvalue weighted by atomic mass is 10.2. The molecule has 2 N–H and O–H groups in total. The molecule has 5 heteroatoms. The second-order valence-corrected chi connectivity index (χ2v) is 5.46. The summed E-state index contributed by atoms with van der Waals surface area (Å²) in [6, 6.07) is 12.4. The van der Waals surface area contributed by atoms with Crippen molar-refractivity contribution in [3.8, 4) is 0 Å². The van der Waals surface area contributed by atoms with Gasteiger partial charge >= 0.3 is 0 Å². The predicted molar refractivity (Wildman–Crippen MR) is 82.8 cm³/mol. The molecule has 0 fully saturated rings. The number of hydrogen-bond acceptors (Lipinski definition) is 2. The maximum atomic E-state index is 13.3. The van der Waals surface area contributed by atoms with Crippen molar-refractivity contribution >= 4 is 22.6 Å². The first-order valence-electron chi connectivity index (χ1n) is 6.75. The van der Waals surface area contributed by atoms with Crippen LogP contribution in [0.1, 0.15) is 24.4 Å². The van der Waals surface area contributed by atoms with E-state index in [0.717, 1.165) is 22.4 Å². The van der Waals surface area contributed by atoms with E-state index in [4.69, 9.17) is 11.6 Å². The second kappa shape index (κ2) is 5.84. The van der Waals surface area contributed by atoms with Gasteiger partial charge in [-0.3, -0.25) is 0 Å². The SMILES string of the molecule is CC(NCc1cc(F)cc(Cl)c1)c1nc2ccccc2[nH]1. The van der Waals surface area contributed by atoms with Gasteiger partial charge in [0.05, 0.1) is 17.1 Å². The van der Waals surface area contributed by atoms with E-state index in [9.17, 15) is 4.39 Å². The zero-order valence-electron chi connectivity index (χ0n) is 11.5. The van der Waals surface area contributed by atoms with Gasteiger partial charge in [0.15, 0.2) is 0 Å². The Morgan fingerprint density at radius 2 is 2.10 bits per heavy atom. The molecule has 1 unspecified atom stereocenters. The number of H-pyrrole nitrogens is 1. The normalized spacial score (nSPS) is 12.7. The molecule has 0 spiro atoms. The minimum absolute atomic E-state index is 0.0273. The van der Waals surface area contributed by atoms with Crippen LogP contribution < -0.4 is 5.32 Å². The summed E-state index contributed by atoms with van der Waals surface area (Å²) in [5, 5.41) is 3.72. The summed E-state index contributed by atoms with van der Waals surface area (Å²) in [6.45, 7) is 2.54. The molecule has 0 saturated heterocycles. The minimum atomic E-state index is -0.323. The number of nitrogens with zero attached hydrogens (tertiary/aromatic N) is 1. The van der Waals surface area contributed by atoms with E-state index in [1.807, 2.05) is 31.2 Å². The van der Waals surface area contributed by atoms with Gasteiger partial charge in [0, 0.05) is 11.6 Å². The first kappa shape index (κ1) is 14.0. The Bertz CT molecular complexity index is 716. The number of halogens is 2. The van der Waals surface area contributed by atoms with Crippen LogP contribution in [0.5, 0.6) is 0 Å². The van der Waals surface area contributed by atoms with Crippen LogP contribution in [0.4, 0.5) is 4.39 Å². The van der Waals surface area contributed by atoms with Crippen LogP contribution in [0.3, 0.4) is 0 Å². The Hall–Kier alpha value is -1.91. The monoisotopic (exact) mass is 303 g/mol. The highest BCUT2D eigenvalue weighted by Gasteiger charge is 2.10. The third-order valence-corrected chi connectivity index (χ3v) is 3.57. The third-order valence-electron chi connectivity index (χ3n) is 3.35. The fraction of sp³-hybridized carbons (Fsp3) is 0.188. The third kappa shape index (κ3) is 3.23. The lowest BCUT2D eigenvalue weighted by Crippen LogP contribution is -2.19. The summed E-state index contributed by atoms with van der Waals surface area (Å²) in [5.74, 6) is 0.536. The number of aromatic amines is 1. The van der Waals surface area contributed by atoms with Crippen molar-refractivity contribution < 1.29 is 4.39 Å². The Morgan fingerprint density at radius 3 is 2.86 bits per heavy atom. The summed E-state index contributed by atoms with van der Waals surface area (Å²) < 4.78 is 13.3. The molecule has 0 aliphatic carbocycles. The van der Waals surface area contributed by atoms with Crippen molar-refractivity contribution in [2.45, 2.75) is 19.5 Å². The molecule has 21 heavy (non-hydrogen) atoms. The second-order valence-electron chi connectivity index (χ2n) is 5.02. The van der Waals surface area contributed by atoms with Crippen LogP contribution in [0.15, 0.2) is 42.5 Å². The zero-order chi connectivity index (χ0) is 14.8. The fourth-order valence-corrected chi connectivity index (χ4v) is 2.50. The number of hydrogen-bond donors (Lipinski definition) is 2. The maximum absolute atomic E-state index is 13.3. The Morgan fingerprint density at radius 1 is 1.29 bits per heavy atom. The van der Waals surface area contributed by atoms with Gasteiger partial charge in [0.2, 0.25) is 0 Å². The van der Waals surface area contributed by atoms with Gasteiger partial charge in [-0.2, -0.15) is 0 Å². The van der Waals surface area contributed by atoms with E-state index in [1.165, 1.54) is 12.1 Å². The average molecular weight is 304 g/mol. The Balaban J connectivity index is 1.72.